The smallest absolute Gasteiger partial charge is 0.356 e. The topological polar surface area (TPSA) is 81.9 Å². The van der Waals surface area contributed by atoms with Crippen LogP contribution in [0.25, 0.3) is 0 Å². The highest BCUT2D eigenvalue weighted by Gasteiger charge is 2.06. The maximum Gasteiger partial charge on any atom is 0.356 e. The van der Waals surface area contributed by atoms with Crippen molar-refractivity contribution in [3.8, 4) is 0 Å². The molecule has 94 valence electrons. The monoisotopic (exact) mass is 247 g/mol. The van der Waals surface area contributed by atoms with Gasteiger partial charge in [-0.15, -0.1) is 5.10 Å². The minimum atomic E-state index is -0.449. The van der Waals surface area contributed by atoms with E-state index < -0.39 is 5.97 Å². The van der Waals surface area contributed by atoms with Crippen LogP contribution < -0.4 is 5.32 Å². The molecule has 0 aliphatic heterocycles. The molecule has 18 heavy (non-hydrogen) atoms. The number of aromatic nitrogens is 4. The first-order valence-corrected chi connectivity index (χ1v) is 5.42. The first-order chi connectivity index (χ1) is 8.79. The van der Waals surface area contributed by atoms with Gasteiger partial charge in [0.25, 0.3) is 0 Å². The minimum absolute atomic E-state index is 0.281. The van der Waals surface area contributed by atoms with Gasteiger partial charge in [0.05, 0.1) is 19.9 Å². The Labute approximate surface area is 104 Å². The second-order valence-electron chi connectivity index (χ2n) is 3.51. The Bertz CT molecular complexity index is 512. The summed E-state index contributed by atoms with van der Waals surface area (Å²) in [5.74, 6) is -0.449. The normalized spacial score (nSPS) is 10.1. The molecule has 0 aromatic carbocycles. The van der Waals surface area contributed by atoms with Crippen molar-refractivity contribution in [3.05, 3.63) is 36.4 Å². The van der Waals surface area contributed by atoms with E-state index >= 15 is 0 Å². The lowest BCUT2D eigenvalue weighted by atomic mass is 10.3. The van der Waals surface area contributed by atoms with Gasteiger partial charge in [0.1, 0.15) is 5.69 Å². The van der Waals surface area contributed by atoms with E-state index in [0.717, 1.165) is 5.69 Å². The van der Waals surface area contributed by atoms with Crippen LogP contribution in [0.1, 0.15) is 10.5 Å². The molecule has 0 fully saturated rings. The number of methoxy groups -OCH3 is 1. The summed E-state index contributed by atoms with van der Waals surface area (Å²) in [6, 6.07) is 3.43. The quantitative estimate of drug-likeness (QED) is 0.778. The van der Waals surface area contributed by atoms with Gasteiger partial charge < -0.3 is 10.1 Å². The molecule has 0 saturated carbocycles. The summed E-state index contributed by atoms with van der Waals surface area (Å²) in [4.78, 5) is 15.2. The van der Waals surface area contributed by atoms with Crippen molar-refractivity contribution in [3.63, 3.8) is 0 Å². The molecule has 0 spiro atoms. The van der Waals surface area contributed by atoms with Gasteiger partial charge in [0.15, 0.2) is 0 Å². The van der Waals surface area contributed by atoms with Gasteiger partial charge in [-0.25, -0.2) is 9.78 Å². The van der Waals surface area contributed by atoms with Crippen molar-refractivity contribution in [1.29, 1.82) is 0 Å². The minimum Gasteiger partial charge on any atom is -0.464 e. The summed E-state index contributed by atoms with van der Waals surface area (Å²) in [5.41, 5.74) is 1.09. The zero-order valence-corrected chi connectivity index (χ0v) is 9.91. The number of hydrogen-bond acceptors (Lipinski definition) is 6. The number of carbonyl (C=O) groups excluding carboxylic acids is 1. The fourth-order valence-corrected chi connectivity index (χ4v) is 1.42. The third-order valence-corrected chi connectivity index (χ3v) is 2.30. The first kappa shape index (κ1) is 12.0. The molecule has 0 atom stereocenters. The fraction of sp³-hybridized carbons (Fsp3) is 0.273. The largest absolute Gasteiger partial charge is 0.464 e. The zero-order valence-electron chi connectivity index (χ0n) is 9.91. The second-order valence-corrected chi connectivity index (χ2v) is 3.51. The zero-order chi connectivity index (χ0) is 12.8. The van der Waals surface area contributed by atoms with Gasteiger partial charge in [-0.05, 0) is 12.1 Å². The Morgan fingerprint density at radius 3 is 3.11 bits per heavy atom. The number of ether oxygens (including phenoxy) is 1. The molecule has 0 aliphatic carbocycles. The second kappa shape index (κ2) is 5.76. The SMILES string of the molecule is COC(=O)c1cc(NCCn2ccnn2)ccn1. The lowest BCUT2D eigenvalue weighted by Gasteiger charge is -2.06. The molecule has 2 rings (SSSR count). The molecule has 2 aromatic rings. The van der Waals surface area contributed by atoms with Gasteiger partial charge in [-0.3, -0.25) is 4.68 Å². The molecular weight excluding hydrogens is 234 g/mol. The van der Waals surface area contributed by atoms with Crippen molar-refractivity contribution in [2.45, 2.75) is 6.54 Å². The van der Waals surface area contributed by atoms with Crippen LogP contribution in [0.5, 0.6) is 0 Å². The van der Waals surface area contributed by atoms with Gasteiger partial charge in [0.2, 0.25) is 0 Å². The van der Waals surface area contributed by atoms with Gasteiger partial charge >= 0.3 is 5.97 Å². The maximum absolute atomic E-state index is 11.3. The highest BCUT2D eigenvalue weighted by Crippen LogP contribution is 2.08. The predicted octanol–water partition coefficient (Wildman–Crippen LogP) is 0.572. The number of esters is 1. The summed E-state index contributed by atoms with van der Waals surface area (Å²) in [6.07, 6.45) is 4.97. The van der Waals surface area contributed by atoms with Crippen molar-refractivity contribution < 1.29 is 9.53 Å². The van der Waals surface area contributed by atoms with Gasteiger partial charge in [-0.1, -0.05) is 5.21 Å². The fourth-order valence-electron chi connectivity index (χ4n) is 1.42. The first-order valence-electron chi connectivity index (χ1n) is 5.42. The van der Waals surface area contributed by atoms with Crippen molar-refractivity contribution in [1.82, 2.24) is 20.0 Å². The molecule has 7 nitrogen and oxygen atoms in total. The lowest BCUT2D eigenvalue weighted by Crippen LogP contribution is -2.12. The Morgan fingerprint density at radius 2 is 2.39 bits per heavy atom. The third-order valence-electron chi connectivity index (χ3n) is 2.30. The van der Waals surface area contributed by atoms with Crippen LogP contribution in [-0.4, -0.2) is 39.6 Å². The van der Waals surface area contributed by atoms with E-state index in [2.05, 4.69) is 25.3 Å². The summed E-state index contributed by atoms with van der Waals surface area (Å²) >= 11 is 0. The van der Waals surface area contributed by atoms with E-state index in [1.165, 1.54) is 7.11 Å². The van der Waals surface area contributed by atoms with Gasteiger partial charge in [-0.2, -0.15) is 0 Å². The number of nitrogens with one attached hydrogen (secondary N) is 1. The summed E-state index contributed by atoms with van der Waals surface area (Å²) in [5, 5.41) is 10.7. The molecule has 1 N–H and O–H groups in total. The summed E-state index contributed by atoms with van der Waals surface area (Å²) in [6.45, 7) is 1.36. The molecule has 0 amide bonds. The standard InChI is InChI=1S/C11H13N5O2/c1-18-11(17)10-8-9(2-3-13-10)12-4-6-16-7-5-14-15-16/h2-3,5,7-8H,4,6H2,1H3,(H,12,13). The number of pyridine rings is 1. The maximum atomic E-state index is 11.3. The number of anilines is 1. The van der Waals surface area contributed by atoms with Crippen molar-refractivity contribution >= 4 is 11.7 Å². The Morgan fingerprint density at radius 1 is 1.50 bits per heavy atom. The number of hydrogen-bond donors (Lipinski definition) is 1. The van der Waals surface area contributed by atoms with E-state index in [1.54, 1.807) is 35.4 Å². The third kappa shape index (κ3) is 3.03. The Balaban J connectivity index is 1.91. The highest BCUT2D eigenvalue weighted by molar-refractivity contribution is 5.88. The average molecular weight is 247 g/mol. The number of carbonyl (C=O) groups is 1. The van der Waals surface area contributed by atoms with Crippen molar-refractivity contribution in [2.75, 3.05) is 19.0 Å². The van der Waals surface area contributed by atoms with Crippen LogP contribution in [-0.2, 0) is 11.3 Å². The predicted molar refractivity (Wildman–Crippen MR) is 64.1 cm³/mol. The average Bonchev–Trinajstić information content (AvgIpc) is 2.91. The van der Waals surface area contributed by atoms with Crippen LogP contribution in [0.15, 0.2) is 30.7 Å². The van der Waals surface area contributed by atoms with Gasteiger partial charge in [0, 0.05) is 24.6 Å². The van der Waals surface area contributed by atoms with Crippen LogP contribution in [0.2, 0.25) is 0 Å². The molecule has 7 heteroatoms. The Hall–Kier alpha value is -2.44. The number of rotatable bonds is 5. The van der Waals surface area contributed by atoms with E-state index in [-0.39, 0.29) is 5.69 Å². The molecule has 0 bridgehead atoms. The van der Waals surface area contributed by atoms with Crippen LogP contribution in [0.4, 0.5) is 5.69 Å². The van der Waals surface area contributed by atoms with Crippen LogP contribution in [0.3, 0.4) is 0 Å². The van der Waals surface area contributed by atoms with E-state index in [1.807, 2.05) is 0 Å². The molecule has 0 aliphatic rings. The van der Waals surface area contributed by atoms with Crippen molar-refractivity contribution in [2.24, 2.45) is 0 Å². The molecular formula is C11H13N5O2. The Kier molecular flexibility index (Phi) is 3.85. The number of nitrogens with zero attached hydrogens (tertiary/aromatic N) is 4. The van der Waals surface area contributed by atoms with E-state index in [4.69, 9.17) is 0 Å². The van der Waals surface area contributed by atoms with Crippen LogP contribution >= 0.6 is 0 Å². The van der Waals surface area contributed by atoms with Crippen LogP contribution in [0, 0.1) is 0 Å². The summed E-state index contributed by atoms with van der Waals surface area (Å²) in [7, 11) is 1.33. The lowest BCUT2D eigenvalue weighted by molar-refractivity contribution is 0.0594. The van der Waals surface area contributed by atoms with E-state index in [9.17, 15) is 4.79 Å². The summed E-state index contributed by atoms with van der Waals surface area (Å²) < 4.78 is 6.32. The van der Waals surface area contributed by atoms with E-state index in [0.29, 0.717) is 13.1 Å². The molecule has 2 heterocycles. The molecule has 0 radical (unpaired) electrons. The highest BCUT2D eigenvalue weighted by atomic mass is 16.5. The molecule has 0 unspecified atom stereocenters. The molecule has 2 aromatic heterocycles. The molecule has 0 saturated heterocycles.